The molecule has 0 aliphatic rings. The predicted octanol–water partition coefficient (Wildman–Crippen LogP) is 1.47. The van der Waals surface area contributed by atoms with Gasteiger partial charge in [0.15, 0.2) is 0 Å². The van der Waals surface area contributed by atoms with Gasteiger partial charge in [-0.2, -0.15) is 0 Å². The summed E-state index contributed by atoms with van der Waals surface area (Å²) in [5, 5.41) is 2.18. The van der Waals surface area contributed by atoms with Crippen molar-refractivity contribution in [3.8, 4) is 10.6 Å². The number of nitrogen functional groups attached to an aromatic ring is 1. The van der Waals surface area contributed by atoms with Gasteiger partial charge < -0.3 is 11.5 Å². The molecule has 0 fully saturated rings. The first kappa shape index (κ1) is 18.1. The minimum absolute atomic E-state index is 0.111. The van der Waals surface area contributed by atoms with Crippen molar-refractivity contribution in [2.75, 3.05) is 5.73 Å². The highest BCUT2D eigenvalue weighted by Gasteiger charge is 2.14. The average molecular weight is 357 g/mol. The van der Waals surface area contributed by atoms with Gasteiger partial charge in [0, 0.05) is 16.6 Å². The van der Waals surface area contributed by atoms with Gasteiger partial charge in [-0.05, 0) is 38.1 Å². The topological polar surface area (TPSA) is 141 Å². The maximum atomic E-state index is 12.1. The second-order valence-corrected chi connectivity index (χ2v) is 5.89. The number of nitrogens with two attached hydrogens (primary N) is 2. The van der Waals surface area contributed by atoms with E-state index in [1.54, 1.807) is 29.6 Å². The zero-order valence-electron chi connectivity index (χ0n) is 13.5. The molecule has 0 saturated heterocycles. The molecule has 2 aromatic rings. The van der Waals surface area contributed by atoms with Crippen molar-refractivity contribution in [3.63, 3.8) is 0 Å². The normalized spacial score (nSPS) is 12.1. The highest BCUT2D eigenvalue weighted by molar-refractivity contribution is 7.13. The quantitative estimate of drug-likeness (QED) is 0.629. The Morgan fingerprint density at radius 3 is 2.28 bits per heavy atom. The zero-order chi connectivity index (χ0) is 18.6. The number of aliphatic imine (C=N–C) groups is 2. The molecule has 128 valence electrons. The summed E-state index contributed by atoms with van der Waals surface area (Å²) >= 11 is 1.27. The minimum Gasteiger partial charge on any atom is -0.399 e. The van der Waals surface area contributed by atoms with Gasteiger partial charge in [-0.15, -0.1) is 11.3 Å². The lowest BCUT2D eigenvalue weighted by Crippen LogP contribution is -2.23. The second kappa shape index (κ2) is 7.58. The number of anilines is 1. The Morgan fingerprint density at radius 1 is 1.04 bits per heavy atom. The van der Waals surface area contributed by atoms with E-state index in [-0.39, 0.29) is 17.1 Å². The molecule has 0 atom stereocenters. The first-order chi connectivity index (χ1) is 11.8. The molecule has 0 unspecified atom stereocenters. The molecule has 3 amide bonds. The summed E-state index contributed by atoms with van der Waals surface area (Å²) in [6, 6.07) is 7.06. The number of amides is 3. The minimum atomic E-state index is -0.819. The van der Waals surface area contributed by atoms with Crippen molar-refractivity contribution < 1.29 is 14.4 Å². The van der Waals surface area contributed by atoms with Gasteiger partial charge in [0.25, 0.3) is 17.7 Å². The maximum absolute atomic E-state index is 12.1. The molecule has 4 N–H and O–H groups in total. The fourth-order valence-corrected chi connectivity index (χ4v) is 2.48. The Bertz CT molecular complexity index is 897. The molecule has 8 nitrogen and oxygen atoms in total. The summed E-state index contributed by atoms with van der Waals surface area (Å²) < 4.78 is 0. The number of carbonyl (C=O) groups is 3. The van der Waals surface area contributed by atoms with Gasteiger partial charge in [0.05, 0.1) is 0 Å². The lowest BCUT2D eigenvalue weighted by Gasteiger charge is -1.97. The molecule has 0 aliphatic heterocycles. The maximum Gasteiger partial charge on any atom is 0.296 e. The number of primary amides is 1. The molecule has 1 heterocycles. The van der Waals surface area contributed by atoms with E-state index in [0.29, 0.717) is 10.7 Å². The molecule has 0 bridgehead atoms. The van der Waals surface area contributed by atoms with Crippen LogP contribution in [0.3, 0.4) is 0 Å². The van der Waals surface area contributed by atoms with Gasteiger partial charge in [-0.25, -0.2) is 15.0 Å². The fourth-order valence-electron chi connectivity index (χ4n) is 1.68. The van der Waals surface area contributed by atoms with E-state index >= 15 is 0 Å². The van der Waals surface area contributed by atoms with E-state index in [1.165, 1.54) is 25.2 Å². The highest BCUT2D eigenvalue weighted by atomic mass is 32.1. The van der Waals surface area contributed by atoms with Crippen LogP contribution in [0, 0.1) is 0 Å². The number of benzene rings is 1. The molecule has 25 heavy (non-hydrogen) atoms. The van der Waals surface area contributed by atoms with Gasteiger partial charge in [-0.3, -0.25) is 14.4 Å². The molecule has 0 radical (unpaired) electrons. The lowest BCUT2D eigenvalue weighted by atomic mass is 10.2. The van der Waals surface area contributed by atoms with E-state index in [1.807, 2.05) is 0 Å². The lowest BCUT2D eigenvalue weighted by molar-refractivity contribution is -0.114. The van der Waals surface area contributed by atoms with Crippen LogP contribution in [0.2, 0.25) is 0 Å². The van der Waals surface area contributed by atoms with Crippen LogP contribution in [0.5, 0.6) is 0 Å². The van der Waals surface area contributed by atoms with Gasteiger partial charge in [0.2, 0.25) is 0 Å². The van der Waals surface area contributed by atoms with Crippen molar-refractivity contribution >= 4 is 46.2 Å². The van der Waals surface area contributed by atoms with Crippen LogP contribution < -0.4 is 11.5 Å². The Balaban J connectivity index is 2.18. The smallest absolute Gasteiger partial charge is 0.296 e. The van der Waals surface area contributed by atoms with Crippen molar-refractivity contribution in [2.45, 2.75) is 13.8 Å². The highest BCUT2D eigenvalue weighted by Crippen LogP contribution is 2.24. The third-order valence-corrected chi connectivity index (χ3v) is 3.98. The number of rotatable bonds is 4. The van der Waals surface area contributed by atoms with Crippen LogP contribution in [0.4, 0.5) is 5.69 Å². The number of aromatic nitrogens is 1. The van der Waals surface area contributed by atoms with Crippen molar-refractivity contribution in [3.05, 3.63) is 35.3 Å². The molecule has 0 aliphatic carbocycles. The summed E-state index contributed by atoms with van der Waals surface area (Å²) in [6.45, 7) is 2.62. The summed E-state index contributed by atoms with van der Waals surface area (Å²) in [5.74, 6) is -2.30. The largest absolute Gasteiger partial charge is 0.399 e. The first-order valence-electron chi connectivity index (χ1n) is 7.08. The van der Waals surface area contributed by atoms with E-state index in [4.69, 9.17) is 11.5 Å². The third kappa shape index (κ3) is 4.64. The Hall–Kier alpha value is -3.20. The third-order valence-electron chi connectivity index (χ3n) is 3.09. The fraction of sp³-hybridized carbons (Fsp3) is 0.125. The second-order valence-electron chi connectivity index (χ2n) is 5.03. The van der Waals surface area contributed by atoms with Crippen LogP contribution in [0.15, 0.2) is 39.6 Å². The zero-order valence-corrected chi connectivity index (χ0v) is 14.3. The van der Waals surface area contributed by atoms with E-state index < -0.39 is 17.7 Å². The van der Waals surface area contributed by atoms with Crippen molar-refractivity contribution in [2.24, 2.45) is 15.7 Å². The van der Waals surface area contributed by atoms with E-state index in [0.717, 1.165) is 5.56 Å². The Kier molecular flexibility index (Phi) is 5.50. The Morgan fingerprint density at radius 2 is 1.68 bits per heavy atom. The first-order valence-corrected chi connectivity index (χ1v) is 7.96. The summed E-state index contributed by atoms with van der Waals surface area (Å²) in [4.78, 5) is 46.1. The molecular formula is C16H15N5O3S. The van der Waals surface area contributed by atoms with Gasteiger partial charge >= 0.3 is 0 Å². The number of hydrogen-bond donors (Lipinski definition) is 2. The Labute approximate surface area is 147 Å². The van der Waals surface area contributed by atoms with Crippen molar-refractivity contribution in [1.82, 2.24) is 4.98 Å². The SMILES string of the molecule is CC(=NC(=O)C(C)=NC(=O)c1csc(-c2ccc(N)cc2)n1)C(N)=O. The van der Waals surface area contributed by atoms with Crippen LogP contribution in [-0.2, 0) is 9.59 Å². The van der Waals surface area contributed by atoms with Gasteiger partial charge in [-0.1, -0.05) is 0 Å². The molecular weight excluding hydrogens is 342 g/mol. The van der Waals surface area contributed by atoms with Crippen LogP contribution >= 0.6 is 11.3 Å². The van der Waals surface area contributed by atoms with Crippen molar-refractivity contribution in [1.29, 1.82) is 0 Å². The molecule has 0 spiro atoms. The molecule has 2 rings (SSSR count). The summed E-state index contributed by atoms with van der Waals surface area (Å²) in [6.07, 6.45) is 0. The molecule has 1 aromatic heterocycles. The van der Waals surface area contributed by atoms with Crippen LogP contribution in [-0.4, -0.2) is 34.1 Å². The summed E-state index contributed by atoms with van der Waals surface area (Å²) in [5.41, 5.74) is 11.9. The summed E-state index contributed by atoms with van der Waals surface area (Å²) in [7, 11) is 0. The predicted molar refractivity (Wildman–Crippen MR) is 96.7 cm³/mol. The van der Waals surface area contributed by atoms with E-state index in [9.17, 15) is 14.4 Å². The average Bonchev–Trinajstić information content (AvgIpc) is 3.05. The molecule has 0 saturated carbocycles. The number of thiazole rings is 1. The van der Waals surface area contributed by atoms with Gasteiger partial charge in [0.1, 0.15) is 22.1 Å². The van der Waals surface area contributed by atoms with Crippen LogP contribution in [0.1, 0.15) is 24.3 Å². The monoisotopic (exact) mass is 357 g/mol. The molecule has 1 aromatic carbocycles. The standard InChI is InChI=1S/C16H15N5O3S/c1-8(13(18)22)19-14(23)9(2)20-15(24)12-7-25-16(21-12)10-3-5-11(17)6-4-10/h3-7H,17H2,1-2H3,(H2,18,22). The van der Waals surface area contributed by atoms with E-state index in [2.05, 4.69) is 15.0 Å². The van der Waals surface area contributed by atoms with Crippen LogP contribution in [0.25, 0.3) is 10.6 Å². The number of hydrogen-bond acceptors (Lipinski definition) is 6. The molecule has 9 heteroatoms. The number of carbonyl (C=O) groups excluding carboxylic acids is 3. The number of nitrogens with zero attached hydrogens (tertiary/aromatic N) is 3.